The van der Waals surface area contributed by atoms with Crippen molar-refractivity contribution in [1.82, 2.24) is 10.2 Å². The quantitative estimate of drug-likeness (QED) is 0.698. The molecule has 2 N–H and O–H groups in total. The Morgan fingerprint density at radius 3 is 2.50 bits per heavy atom. The predicted molar refractivity (Wildman–Crippen MR) is 109 cm³/mol. The number of para-hydroxylation sites is 1. The maximum absolute atomic E-state index is 12.5. The topological polar surface area (TPSA) is 78.5 Å². The molecule has 146 valence electrons. The third-order valence-electron chi connectivity index (χ3n) is 4.25. The second-order valence-corrected chi connectivity index (χ2v) is 8.13. The van der Waals surface area contributed by atoms with E-state index in [1.165, 1.54) is 11.8 Å². The number of carbonyl (C=O) groups excluding carboxylic acids is 3. The van der Waals surface area contributed by atoms with E-state index < -0.39 is 18.0 Å². The Kier molecular flexibility index (Phi) is 6.36. The van der Waals surface area contributed by atoms with E-state index in [4.69, 9.17) is 0 Å². The zero-order valence-corrected chi connectivity index (χ0v) is 16.7. The summed E-state index contributed by atoms with van der Waals surface area (Å²) in [6, 6.07) is 16.2. The molecule has 1 saturated heterocycles. The molecule has 0 radical (unpaired) electrons. The lowest BCUT2D eigenvalue weighted by Crippen LogP contribution is -2.38. The molecule has 2 aromatic rings. The molecule has 1 unspecified atom stereocenters. The van der Waals surface area contributed by atoms with Crippen LogP contribution < -0.4 is 10.6 Å². The highest BCUT2D eigenvalue weighted by Gasteiger charge is 2.39. The average Bonchev–Trinajstić information content (AvgIpc) is 2.91. The molecule has 7 heteroatoms. The lowest BCUT2D eigenvalue weighted by atomic mass is 10.0. The molecule has 1 aliphatic rings. The summed E-state index contributed by atoms with van der Waals surface area (Å²) >= 11 is 1.53. The number of carbonyl (C=O) groups is 3. The van der Waals surface area contributed by atoms with E-state index in [9.17, 15) is 14.4 Å². The van der Waals surface area contributed by atoms with E-state index >= 15 is 0 Å². The van der Waals surface area contributed by atoms with Gasteiger partial charge in [0.1, 0.15) is 12.6 Å². The lowest BCUT2D eigenvalue weighted by molar-refractivity contribution is -0.131. The highest BCUT2D eigenvalue weighted by atomic mass is 32.2. The number of urea groups is 1. The molecule has 0 aromatic heterocycles. The van der Waals surface area contributed by atoms with Crippen LogP contribution in [-0.2, 0) is 9.59 Å². The maximum atomic E-state index is 12.5. The van der Waals surface area contributed by atoms with Gasteiger partial charge in [-0.25, -0.2) is 4.79 Å². The first-order valence-corrected chi connectivity index (χ1v) is 9.99. The second-order valence-electron chi connectivity index (χ2n) is 7.02. The minimum absolute atomic E-state index is 0.268. The Bertz CT molecular complexity index is 870. The molecule has 1 atom stereocenters. The van der Waals surface area contributed by atoms with Crippen molar-refractivity contribution >= 4 is 35.3 Å². The van der Waals surface area contributed by atoms with Crippen LogP contribution in [-0.4, -0.2) is 35.3 Å². The van der Waals surface area contributed by atoms with E-state index in [0.717, 1.165) is 14.7 Å². The summed E-state index contributed by atoms with van der Waals surface area (Å²) in [4.78, 5) is 39.9. The van der Waals surface area contributed by atoms with Gasteiger partial charge in [-0.3, -0.25) is 14.5 Å². The number of nitrogens with one attached hydrogen (secondary N) is 2. The van der Waals surface area contributed by atoms with Gasteiger partial charge in [-0.1, -0.05) is 55.9 Å². The van der Waals surface area contributed by atoms with Crippen molar-refractivity contribution in [3.8, 4) is 0 Å². The van der Waals surface area contributed by atoms with Gasteiger partial charge >= 0.3 is 6.03 Å². The Balaban J connectivity index is 1.66. The molecule has 28 heavy (non-hydrogen) atoms. The normalized spacial score (nSPS) is 16.4. The fraction of sp³-hybridized carbons (Fsp3) is 0.286. The van der Waals surface area contributed by atoms with Crippen molar-refractivity contribution in [2.75, 3.05) is 11.9 Å². The van der Waals surface area contributed by atoms with Gasteiger partial charge < -0.3 is 10.6 Å². The maximum Gasteiger partial charge on any atom is 0.325 e. The van der Waals surface area contributed by atoms with Crippen LogP contribution in [0.4, 0.5) is 10.5 Å². The summed E-state index contributed by atoms with van der Waals surface area (Å²) in [6.07, 6.45) is 0.555. The standard InChI is InChI=1S/C21H23N3O3S/c1-14(2)12-17-20(26)24(21(27)23-17)13-19(25)22-16-10-6-7-11-18(16)28-15-8-4-3-5-9-15/h3-11,14,17H,12-13H2,1-2H3,(H,22,25)(H,23,27). The fourth-order valence-electron chi connectivity index (χ4n) is 2.97. The lowest BCUT2D eigenvalue weighted by Gasteiger charge is -2.15. The Morgan fingerprint density at radius 1 is 1.11 bits per heavy atom. The summed E-state index contributed by atoms with van der Waals surface area (Å²) in [7, 11) is 0. The van der Waals surface area contributed by atoms with E-state index in [2.05, 4.69) is 10.6 Å². The van der Waals surface area contributed by atoms with Gasteiger partial charge in [0, 0.05) is 9.79 Å². The summed E-state index contributed by atoms with van der Waals surface area (Å²) < 4.78 is 0. The van der Waals surface area contributed by atoms with Gasteiger partial charge in [0.15, 0.2) is 0 Å². The van der Waals surface area contributed by atoms with E-state index in [0.29, 0.717) is 12.1 Å². The Labute approximate surface area is 168 Å². The Morgan fingerprint density at radius 2 is 1.79 bits per heavy atom. The van der Waals surface area contributed by atoms with Crippen molar-refractivity contribution in [2.24, 2.45) is 5.92 Å². The van der Waals surface area contributed by atoms with Gasteiger partial charge in [-0.2, -0.15) is 0 Å². The van der Waals surface area contributed by atoms with E-state index in [-0.39, 0.29) is 18.4 Å². The van der Waals surface area contributed by atoms with Gasteiger partial charge in [0.25, 0.3) is 5.91 Å². The summed E-state index contributed by atoms with van der Waals surface area (Å²) in [5.41, 5.74) is 0.645. The molecule has 0 aliphatic carbocycles. The summed E-state index contributed by atoms with van der Waals surface area (Å²) in [5.74, 6) is -0.486. The van der Waals surface area contributed by atoms with Crippen molar-refractivity contribution < 1.29 is 14.4 Å². The molecule has 1 aliphatic heterocycles. The number of anilines is 1. The van der Waals surface area contributed by atoms with E-state index in [1.807, 2.05) is 62.4 Å². The van der Waals surface area contributed by atoms with Crippen LogP contribution in [0.5, 0.6) is 0 Å². The predicted octanol–water partition coefficient (Wildman–Crippen LogP) is 3.74. The minimum atomic E-state index is -0.554. The van der Waals surface area contributed by atoms with Crippen LogP contribution in [0.3, 0.4) is 0 Å². The smallest absolute Gasteiger partial charge is 0.325 e. The number of imide groups is 1. The van der Waals surface area contributed by atoms with Crippen molar-refractivity contribution in [3.63, 3.8) is 0 Å². The first-order chi connectivity index (χ1) is 13.4. The highest BCUT2D eigenvalue weighted by Crippen LogP contribution is 2.33. The molecule has 0 bridgehead atoms. The zero-order chi connectivity index (χ0) is 20.1. The van der Waals surface area contributed by atoms with Crippen molar-refractivity contribution in [1.29, 1.82) is 0 Å². The number of nitrogens with zero attached hydrogens (tertiary/aromatic N) is 1. The molecule has 3 rings (SSSR count). The molecular formula is C21H23N3O3S. The zero-order valence-electron chi connectivity index (χ0n) is 15.8. The van der Waals surface area contributed by atoms with Gasteiger partial charge in [0.2, 0.25) is 5.91 Å². The molecule has 1 heterocycles. The molecular weight excluding hydrogens is 374 g/mol. The van der Waals surface area contributed by atoms with Crippen molar-refractivity contribution in [2.45, 2.75) is 36.1 Å². The molecule has 2 aromatic carbocycles. The highest BCUT2D eigenvalue weighted by molar-refractivity contribution is 7.99. The first-order valence-electron chi connectivity index (χ1n) is 9.17. The van der Waals surface area contributed by atoms with Crippen LogP contribution in [0.2, 0.25) is 0 Å². The number of hydrogen-bond donors (Lipinski definition) is 2. The van der Waals surface area contributed by atoms with Gasteiger partial charge in [0.05, 0.1) is 5.69 Å². The number of rotatable bonds is 7. The van der Waals surface area contributed by atoms with Crippen LogP contribution in [0.15, 0.2) is 64.4 Å². The Hall–Kier alpha value is -2.80. The summed E-state index contributed by atoms with van der Waals surface area (Å²) in [5, 5.41) is 5.47. The largest absolute Gasteiger partial charge is 0.326 e. The average molecular weight is 398 g/mol. The minimum Gasteiger partial charge on any atom is -0.326 e. The van der Waals surface area contributed by atoms with E-state index in [1.54, 1.807) is 6.07 Å². The second kappa shape index (κ2) is 8.93. The van der Waals surface area contributed by atoms with Gasteiger partial charge in [-0.05, 0) is 36.6 Å². The van der Waals surface area contributed by atoms with Crippen LogP contribution >= 0.6 is 11.8 Å². The number of benzene rings is 2. The first kappa shape index (κ1) is 19.9. The molecule has 4 amide bonds. The van der Waals surface area contributed by atoms with Crippen molar-refractivity contribution in [3.05, 3.63) is 54.6 Å². The fourth-order valence-corrected chi connectivity index (χ4v) is 3.89. The molecule has 0 spiro atoms. The number of amides is 4. The SMILES string of the molecule is CC(C)CC1NC(=O)N(CC(=O)Nc2ccccc2Sc2ccccc2)C1=O. The summed E-state index contributed by atoms with van der Waals surface area (Å²) in [6.45, 7) is 3.66. The monoisotopic (exact) mass is 397 g/mol. The van der Waals surface area contributed by atoms with Crippen LogP contribution in [0.25, 0.3) is 0 Å². The number of hydrogen-bond acceptors (Lipinski definition) is 4. The molecule has 6 nitrogen and oxygen atoms in total. The van der Waals surface area contributed by atoms with Crippen LogP contribution in [0, 0.1) is 5.92 Å². The van der Waals surface area contributed by atoms with Gasteiger partial charge in [-0.15, -0.1) is 0 Å². The third-order valence-corrected chi connectivity index (χ3v) is 5.33. The third kappa shape index (κ3) is 4.92. The molecule has 0 saturated carbocycles. The molecule has 1 fully saturated rings. The van der Waals surface area contributed by atoms with Crippen LogP contribution in [0.1, 0.15) is 20.3 Å².